The van der Waals surface area contributed by atoms with Gasteiger partial charge in [-0.1, -0.05) is 29.4 Å². The van der Waals surface area contributed by atoms with Crippen molar-refractivity contribution < 1.29 is 14.4 Å². The number of nitrogens with two attached hydrogens (primary N) is 1. The van der Waals surface area contributed by atoms with Crippen LogP contribution in [0.3, 0.4) is 0 Å². The van der Waals surface area contributed by atoms with Crippen molar-refractivity contribution in [1.82, 2.24) is 9.80 Å². The van der Waals surface area contributed by atoms with E-state index in [1.54, 1.807) is 4.90 Å². The number of hydrogen-bond donors (Lipinski definition) is 1. The van der Waals surface area contributed by atoms with Crippen LogP contribution in [-0.4, -0.2) is 67.0 Å². The van der Waals surface area contributed by atoms with Gasteiger partial charge in [-0.25, -0.2) is 0 Å². The lowest BCUT2D eigenvalue weighted by molar-refractivity contribution is -0.137. The number of nitrogens with zero attached hydrogens (tertiary/aromatic N) is 3. The molecular weight excluding hydrogens is 320 g/mol. The van der Waals surface area contributed by atoms with E-state index in [1.165, 1.54) is 5.56 Å². The van der Waals surface area contributed by atoms with Crippen molar-refractivity contribution in [3.63, 3.8) is 0 Å². The summed E-state index contributed by atoms with van der Waals surface area (Å²) in [6, 6.07) is 7.97. The second kappa shape index (κ2) is 8.31. The van der Waals surface area contributed by atoms with Gasteiger partial charge in [0.15, 0.2) is 5.84 Å². The molecule has 0 aromatic heterocycles. The number of benzene rings is 1. The Morgan fingerprint density at radius 2 is 2.00 bits per heavy atom. The summed E-state index contributed by atoms with van der Waals surface area (Å²) in [6.45, 7) is 7.78. The summed E-state index contributed by atoms with van der Waals surface area (Å²) in [7, 11) is 0. The van der Waals surface area contributed by atoms with E-state index in [1.807, 2.05) is 31.2 Å². The number of hydrogen-bond acceptors (Lipinski definition) is 5. The average molecular weight is 346 g/mol. The third-order valence-electron chi connectivity index (χ3n) is 4.67. The maximum atomic E-state index is 12.0. The highest BCUT2D eigenvalue weighted by molar-refractivity contribution is 5.97. The largest absolute Gasteiger partial charge is 0.381 e. The molecule has 2 N–H and O–H groups in total. The van der Waals surface area contributed by atoms with Gasteiger partial charge >= 0.3 is 0 Å². The Balaban J connectivity index is 1.55. The van der Waals surface area contributed by atoms with Gasteiger partial charge in [0, 0.05) is 44.7 Å². The molecule has 1 aromatic carbocycles. The zero-order chi connectivity index (χ0) is 17.6. The van der Waals surface area contributed by atoms with Gasteiger partial charge < -0.3 is 20.2 Å². The van der Waals surface area contributed by atoms with Crippen LogP contribution in [0, 0.1) is 0 Å². The monoisotopic (exact) mass is 346 g/mol. The molecule has 0 radical (unpaired) electrons. The Bertz CT molecular complexity index is 611. The Morgan fingerprint density at radius 1 is 1.28 bits per heavy atom. The van der Waals surface area contributed by atoms with Gasteiger partial charge in [0.05, 0.1) is 13.2 Å². The van der Waals surface area contributed by atoms with E-state index in [-0.39, 0.29) is 5.91 Å². The van der Waals surface area contributed by atoms with Crippen molar-refractivity contribution in [1.29, 1.82) is 0 Å². The Morgan fingerprint density at radius 3 is 2.64 bits per heavy atom. The van der Waals surface area contributed by atoms with E-state index < -0.39 is 6.10 Å². The van der Waals surface area contributed by atoms with Crippen LogP contribution in [0.1, 0.15) is 24.5 Å². The first-order chi connectivity index (χ1) is 12.2. The minimum Gasteiger partial charge on any atom is -0.381 e. The number of rotatable bonds is 6. The Labute approximate surface area is 148 Å². The fourth-order valence-electron chi connectivity index (χ4n) is 3.09. The number of morpholine rings is 1. The molecule has 1 atom stereocenters. The highest BCUT2D eigenvalue weighted by Crippen LogP contribution is 2.15. The van der Waals surface area contributed by atoms with Crippen LogP contribution in [0.2, 0.25) is 0 Å². The van der Waals surface area contributed by atoms with Crippen molar-refractivity contribution in [3.8, 4) is 0 Å². The van der Waals surface area contributed by atoms with Crippen LogP contribution in [-0.2, 0) is 20.9 Å². The normalized spacial score (nSPS) is 22.4. The highest BCUT2D eigenvalue weighted by Gasteiger charge is 2.32. The van der Waals surface area contributed by atoms with Gasteiger partial charge in [0.2, 0.25) is 6.10 Å². The van der Waals surface area contributed by atoms with Crippen molar-refractivity contribution >= 4 is 11.7 Å². The molecule has 2 fully saturated rings. The van der Waals surface area contributed by atoms with E-state index in [0.29, 0.717) is 25.3 Å². The van der Waals surface area contributed by atoms with Crippen LogP contribution in [0.5, 0.6) is 0 Å². The Hall–Kier alpha value is -2.12. The van der Waals surface area contributed by atoms with Gasteiger partial charge in [-0.3, -0.25) is 9.69 Å². The van der Waals surface area contributed by atoms with Crippen LogP contribution in [0.4, 0.5) is 0 Å². The summed E-state index contributed by atoms with van der Waals surface area (Å²) in [5, 5.41) is 3.96. The topological polar surface area (TPSA) is 80.4 Å². The summed E-state index contributed by atoms with van der Waals surface area (Å²) in [5.74, 6) is 0.278. The molecule has 2 aliphatic rings. The molecule has 7 nitrogen and oxygen atoms in total. The Kier molecular flexibility index (Phi) is 5.88. The number of likely N-dealkylation sites (N-methyl/N-ethyl adjacent to an activating group) is 1. The molecule has 0 saturated carbocycles. The van der Waals surface area contributed by atoms with E-state index in [0.717, 1.165) is 38.4 Å². The molecule has 7 heteroatoms. The van der Waals surface area contributed by atoms with Gasteiger partial charge in [-0.15, -0.1) is 0 Å². The number of oxime groups is 1. The smallest absolute Gasteiger partial charge is 0.266 e. The quantitative estimate of drug-likeness (QED) is 0.468. The van der Waals surface area contributed by atoms with Crippen LogP contribution in [0.25, 0.3) is 0 Å². The fourth-order valence-corrected chi connectivity index (χ4v) is 3.09. The third kappa shape index (κ3) is 4.49. The van der Waals surface area contributed by atoms with Gasteiger partial charge in [0.25, 0.3) is 5.91 Å². The standard InChI is InChI=1S/C18H26N4O3/c1-2-22-8-7-16(18(22)23)25-20-17(19)15-5-3-14(4-6-15)13-21-9-11-24-12-10-21/h3-6,16H,2,7-13H2,1H3,(H2,19,20). The molecule has 3 rings (SSSR count). The lowest BCUT2D eigenvalue weighted by Crippen LogP contribution is -2.35. The maximum absolute atomic E-state index is 12.0. The number of carbonyl (C=O) groups is 1. The van der Waals surface area contributed by atoms with Crippen molar-refractivity contribution in [2.75, 3.05) is 39.4 Å². The van der Waals surface area contributed by atoms with Gasteiger partial charge in [-0.2, -0.15) is 0 Å². The molecule has 0 aliphatic carbocycles. The van der Waals surface area contributed by atoms with Crippen LogP contribution in [0.15, 0.2) is 29.4 Å². The lowest BCUT2D eigenvalue weighted by Gasteiger charge is -2.26. The molecule has 25 heavy (non-hydrogen) atoms. The van der Waals surface area contributed by atoms with Crippen LogP contribution >= 0.6 is 0 Å². The second-order valence-electron chi connectivity index (χ2n) is 6.36. The molecule has 0 spiro atoms. The molecule has 2 saturated heterocycles. The van der Waals surface area contributed by atoms with Crippen molar-refractivity contribution in [3.05, 3.63) is 35.4 Å². The number of ether oxygens (including phenoxy) is 1. The fraction of sp³-hybridized carbons (Fsp3) is 0.556. The van der Waals surface area contributed by atoms with Crippen molar-refractivity contribution in [2.45, 2.75) is 26.0 Å². The number of carbonyl (C=O) groups excluding carboxylic acids is 1. The minimum absolute atomic E-state index is 0.0140. The SMILES string of the molecule is CCN1CCC(O/N=C(\N)c2ccc(CN3CCOCC3)cc2)C1=O. The first-order valence-electron chi connectivity index (χ1n) is 8.85. The van der Waals surface area contributed by atoms with E-state index in [4.69, 9.17) is 15.3 Å². The van der Waals surface area contributed by atoms with Crippen molar-refractivity contribution in [2.24, 2.45) is 10.9 Å². The number of likely N-dealkylation sites (tertiary alicyclic amines) is 1. The zero-order valence-corrected chi connectivity index (χ0v) is 14.7. The summed E-state index contributed by atoms with van der Waals surface area (Å²) in [5.41, 5.74) is 8.01. The molecule has 136 valence electrons. The second-order valence-corrected chi connectivity index (χ2v) is 6.36. The van der Waals surface area contributed by atoms with E-state index in [9.17, 15) is 4.79 Å². The lowest BCUT2D eigenvalue weighted by atomic mass is 10.1. The first-order valence-corrected chi connectivity index (χ1v) is 8.85. The minimum atomic E-state index is -0.515. The van der Waals surface area contributed by atoms with E-state index in [2.05, 4.69) is 10.1 Å². The maximum Gasteiger partial charge on any atom is 0.266 e. The van der Waals surface area contributed by atoms with Gasteiger partial charge in [0.1, 0.15) is 0 Å². The summed E-state index contributed by atoms with van der Waals surface area (Å²) >= 11 is 0. The predicted octanol–water partition coefficient (Wildman–Crippen LogP) is 0.777. The third-order valence-corrected chi connectivity index (χ3v) is 4.67. The number of amides is 1. The molecule has 1 aromatic rings. The zero-order valence-electron chi connectivity index (χ0n) is 14.7. The average Bonchev–Trinajstić information content (AvgIpc) is 3.01. The molecule has 2 heterocycles. The predicted molar refractivity (Wildman–Crippen MR) is 95.0 cm³/mol. The first kappa shape index (κ1) is 17.7. The van der Waals surface area contributed by atoms with Gasteiger partial charge in [-0.05, 0) is 12.5 Å². The molecule has 0 bridgehead atoms. The summed E-state index contributed by atoms with van der Waals surface area (Å²) in [4.78, 5) is 21.5. The summed E-state index contributed by atoms with van der Waals surface area (Å²) in [6.07, 6.45) is 0.140. The van der Waals surface area contributed by atoms with Crippen LogP contribution < -0.4 is 5.73 Å². The molecular formula is C18H26N4O3. The summed E-state index contributed by atoms with van der Waals surface area (Å²) < 4.78 is 5.36. The number of amidine groups is 1. The molecule has 1 amide bonds. The molecule has 2 aliphatic heterocycles. The van der Waals surface area contributed by atoms with E-state index >= 15 is 0 Å². The molecule has 1 unspecified atom stereocenters. The highest BCUT2D eigenvalue weighted by atomic mass is 16.6.